The third kappa shape index (κ3) is 3.01. The molecule has 8 heteroatoms. The molecule has 1 unspecified atom stereocenters. The summed E-state index contributed by atoms with van der Waals surface area (Å²) in [7, 11) is 0. The van der Waals surface area contributed by atoms with Gasteiger partial charge >= 0.3 is 12.1 Å². The summed E-state index contributed by atoms with van der Waals surface area (Å²) in [4.78, 5) is 36.9. The highest BCUT2D eigenvalue weighted by atomic mass is 16.5. The van der Waals surface area contributed by atoms with Crippen molar-refractivity contribution in [3.63, 3.8) is 0 Å². The van der Waals surface area contributed by atoms with Crippen LogP contribution in [0.2, 0.25) is 0 Å². The highest BCUT2D eigenvalue weighted by molar-refractivity contribution is 5.86. The number of rotatable bonds is 2. The predicted molar refractivity (Wildman–Crippen MR) is 66.3 cm³/mol. The van der Waals surface area contributed by atoms with Gasteiger partial charge in [-0.2, -0.15) is 0 Å². The molecule has 20 heavy (non-hydrogen) atoms. The molecule has 2 N–H and O–H groups in total. The van der Waals surface area contributed by atoms with Crippen LogP contribution in [0.1, 0.15) is 12.8 Å². The summed E-state index contributed by atoms with van der Waals surface area (Å²) in [5, 5.41) is 18.1. The molecule has 8 nitrogen and oxygen atoms in total. The largest absolute Gasteiger partial charge is 0.480 e. The molecule has 2 aliphatic heterocycles. The lowest BCUT2D eigenvalue weighted by Crippen LogP contribution is -2.60. The van der Waals surface area contributed by atoms with Crippen molar-refractivity contribution in [3.05, 3.63) is 0 Å². The Hall–Kier alpha value is -1.83. The summed E-state index contributed by atoms with van der Waals surface area (Å²) in [6.45, 7) is 1.10. The van der Waals surface area contributed by atoms with Crippen LogP contribution in [0.5, 0.6) is 0 Å². The van der Waals surface area contributed by atoms with E-state index in [1.165, 1.54) is 4.90 Å². The van der Waals surface area contributed by atoms with Crippen LogP contribution in [0.3, 0.4) is 0 Å². The Morgan fingerprint density at radius 3 is 2.25 bits per heavy atom. The minimum Gasteiger partial charge on any atom is -0.480 e. The second-order valence-corrected chi connectivity index (χ2v) is 5.00. The lowest BCUT2D eigenvalue weighted by atomic mass is 9.97. The fraction of sp³-hybridized carbons (Fsp3) is 0.750. The average molecular weight is 286 g/mol. The molecule has 0 bridgehead atoms. The van der Waals surface area contributed by atoms with Crippen molar-refractivity contribution in [3.8, 4) is 0 Å². The van der Waals surface area contributed by atoms with E-state index in [4.69, 9.17) is 9.84 Å². The molecule has 2 fully saturated rings. The van der Waals surface area contributed by atoms with Crippen LogP contribution in [-0.2, 0) is 14.3 Å². The number of carboxylic acids is 1. The molecule has 0 aromatic heterocycles. The van der Waals surface area contributed by atoms with E-state index in [-0.39, 0.29) is 31.5 Å². The maximum Gasteiger partial charge on any atom is 0.407 e. The Morgan fingerprint density at radius 2 is 1.70 bits per heavy atom. The minimum absolute atomic E-state index is 0.124. The first kappa shape index (κ1) is 14.6. The van der Waals surface area contributed by atoms with Gasteiger partial charge in [-0.25, -0.2) is 9.59 Å². The van der Waals surface area contributed by atoms with E-state index in [1.54, 1.807) is 0 Å². The van der Waals surface area contributed by atoms with E-state index >= 15 is 0 Å². The zero-order valence-electron chi connectivity index (χ0n) is 11.0. The van der Waals surface area contributed by atoms with Crippen molar-refractivity contribution in [1.82, 2.24) is 9.80 Å². The molecule has 0 aromatic carbocycles. The topological polar surface area (TPSA) is 107 Å². The smallest absolute Gasteiger partial charge is 0.407 e. The lowest BCUT2D eigenvalue weighted by Gasteiger charge is -2.40. The normalized spacial score (nSPS) is 24.5. The summed E-state index contributed by atoms with van der Waals surface area (Å²) < 4.78 is 5.19. The SMILES string of the molecule is O=C(O)C1CN(C(=O)O)CCN1C(=O)C1CCOCC1. The number of hydrogen-bond acceptors (Lipinski definition) is 4. The number of nitrogens with zero attached hydrogens (tertiary/aromatic N) is 2. The van der Waals surface area contributed by atoms with Gasteiger partial charge in [0.2, 0.25) is 5.91 Å². The summed E-state index contributed by atoms with van der Waals surface area (Å²) in [5.74, 6) is -1.59. The minimum atomic E-state index is -1.17. The van der Waals surface area contributed by atoms with Crippen molar-refractivity contribution in [2.45, 2.75) is 18.9 Å². The zero-order valence-corrected chi connectivity index (χ0v) is 11.0. The van der Waals surface area contributed by atoms with Crippen molar-refractivity contribution in [1.29, 1.82) is 0 Å². The maximum atomic E-state index is 12.4. The van der Waals surface area contributed by atoms with Crippen LogP contribution < -0.4 is 0 Å². The van der Waals surface area contributed by atoms with Gasteiger partial charge in [0.15, 0.2) is 0 Å². The molecule has 2 rings (SSSR count). The van der Waals surface area contributed by atoms with Gasteiger partial charge in [0.25, 0.3) is 0 Å². The van der Waals surface area contributed by atoms with Gasteiger partial charge in [0.05, 0.1) is 6.54 Å². The quantitative estimate of drug-likeness (QED) is 0.721. The molecular weight excluding hydrogens is 268 g/mol. The maximum absolute atomic E-state index is 12.4. The number of carbonyl (C=O) groups excluding carboxylic acids is 1. The number of amides is 2. The Balaban J connectivity index is 2.07. The molecule has 2 saturated heterocycles. The van der Waals surface area contributed by atoms with Crippen molar-refractivity contribution in [2.75, 3.05) is 32.8 Å². The van der Waals surface area contributed by atoms with Crippen molar-refractivity contribution >= 4 is 18.0 Å². The van der Waals surface area contributed by atoms with Crippen LogP contribution >= 0.6 is 0 Å². The van der Waals surface area contributed by atoms with Crippen molar-refractivity contribution in [2.24, 2.45) is 5.92 Å². The van der Waals surface area contributed by atoms with E-state index in [9.17, 15) is 19.5 Å². The third-order valence-electron chi connectivity index (χ3n) is 3.79. The van der Waals surface area contributed by atoms with Gasteiger partial charge in [0, 0.05) is 32.2 Å². The lowest BCUT2D eigenvalue weighted by molar-refractivity contribution is -0.156. The van der Waals surface area contributed by atoms with E-state index < -0.39 is 18.1 Å². The highest BCUT2D eigenvalue weighted by Crippen LogP contribution is 2.21. The average Bonchev–Trinajstić information content (AvgIpc) is 2.46. The van der Waals surface area contributed by atoms with Crippen LogP contribution in [0, 0.1) is 5.92 Å². The molecule has 2 aliphatic rings. The number of carbonyl (C=O) groups is 3. The number of carboxylic acid groups (broad SMARTS) is 2. The molecule has 0 radical (unpaired) electrons. The van der Waals surface area contributed by atoms with Gasteiger partial charge < -0.3 is 24.7 Å². The summed E-state index contributed by atoms with van der Waals surface area (Å²) in [6.07, 6.45) is 0.0173. The Labute approximate surface area is 115 Å². The first-order chi connectivity index (χ1) is 9.50. The summed E-state index contributed by atoms with van der Waals surface area (Å²) >= 11 is 0. The first-order valence-corrected chi connectivity index (χ1v) is 6.59. The van der Waals surface area contributed by atoms with E-state index in [0.717, 1.165) is 4.90 Å². The van der Waals surface area contributed by atoms with E-state index in [1.807, 2.05) is 0 Å². The van der Waals surface area contributed by atoms with Crippen LogP contribution in [0.4, 0.5) is 4.79 Å². The second kappa shape index (κ2) is 6.08. The second-order valence-electron chi connectivity index (χ2n) is 5.00. The summed E-state index contributed by atoms with van der Waals surface area (Å²) in [6, 6.07) is -1.10. The highest BCUT2D eigenvalue weighted by Gasteiger charge is 2.39. The first-order valence-electron chi connectivity index (χ1n) is 6.59. The van der Waals surface area contributed by atoms with E-state index in [2.05, 4.69) is 0 Å². The molecule has 0 aromatic rings. The monoisotopic (exact) mass is 286 g/mol. The fourth-order valence-corrected chi connectivity index (χ4v) is 2.61. The van der Waals surface area contributed by atoms with Crippen LogP contribution in [-0.4, -0.2) is 76.9 Å². The Morgan fingerprint density at radius 1 is 1.05 bits per heavy atom. The standard InChI is InChI=1S/C12H18N2O6/c15-10(8-1-5-20-6-2-8)14-4-3-13(12(18)19)7-9(14)11(16)17/h8-9H,1-7H2,(H,16,17)(H,18,19). The molecule has 0 spiro atoms. The predicted octanol–water partition coefficient (Wildman–Crippen LogP) is -0.312. The number of ether oxygens (including phenoxy) is 1. The molecular formula is C12H18N2O6. The van der Waals surface area contributed by atoms with Gasteiger partial charge in [-0.05, 0) is 12.8 Å². The third-order valence-corrected chi connectivity index (χ3v) is 3.79. The zero-order chi connectivity index (χ0) is 14.7. The van der Waals surface area contributed by atoms with Gasteiger partial charge in [-0.15, -0.1) is 0 Å². The van der Waals surface area contributed by atoms with Crippen LogP contribution in [0.25, 0.3) is 0 Å². The molecule has 2 heterocycles. The van der Waals surface area contributed by atoms with Gasteiger partial charge in [-0.3, -0.25) is 4.79 Å². The van der Waals surface area contributed by atoms with Gasteiger partial charge in [0.1, 0.15) is 6.04 Å². The number of hydrogen-bond donors (Lipinski definition) is 2. The van der Waals surface area contributed by atoms with Crippen LogP contribution in [0.15, 0.2) is 0 Å². The number of piperazine rings is 1. The fourth-order valence-electron chi connectivity index (χ4n) is 2.61. The van der Waals surface area contributed by atoms with E-state index in [0.29, 0.717) is 26.1 Å². The van der Waals surface area contributed by atoms with Crippen molar-refractivity contribution < 1.29 is 29.3 Å². The summed E-state index contributed by atoms with van der Waals surface area (Å²) in [5.41, 5.74) is 0. The molecule has 112 valence electrons. The molecule has 0 aliphatic carbocycles. The molecule has 0 saturated carbocycles. The Kier molecular flexibility index (Phi) is 4.43. The molecule has 1 atom stereocenters. The van der Waals surface area contributed by atoms with Gasteiger partial charge in [-0.1, -0.05) is 0 Å². The molecule has 2 amide bonds. The Bertz CT molecular complexity index is 407. The number of aliphatic carboxylic acids is 1.